The first-order valence-corrected chi connectivity index (χ1v) is 7.46. The summed E-state index contributed by atoms with van der Waals surface area (Å²) in [5.41, 5.74) is 1.16. The highest BCUT2D eigenvalue weighted by atomic mass is 16.5. The zero-order valence-corrected chi connectivity index (χ0v) is 12.9. The van der Waals surface area contributed by atoms with Crippen LogP contribution in [0.5, 0.6) is 0 Å². The van der Waals surface area contributed by atoms with Crippen molar-refractivity contribution in [1.29, 1.82) is 0 Å². The van der Waals surface area contributed by atoms with Gasteiger partial charge in [0.1, 0.15) is 6.61 Å². The summed E-state index contributed by atoms with van der Waals surface area (Å²) in [5, 5.41) is 2.46. The van der Waals surface area contributed by atoms with E-state index in [0.29, 0.717) is 33.0 Å². The van der Waals surface area contributed by atoms with Crippen molar-refractivity contribution in [1.82, 2.24) is 0 Å². The Balaban J connectivity index is 1.57. The highest BCUT2D eigenvalue weighted by molar-refractivity contribution is 5.82. The van der Waals surface area contributed by atoms with Crippen LogP contribution >= 0.6 is 0 Å². The van der Waals surface area contributed by atoms with Gasteiger partial charge in [-0.25, -0.2) is 0 Å². The molecule has 2 aromatic rings. The lowest BCUT2D eigenvalue weighted by Crippen LogP contribution is -2.12. The van der Waals surface area contributed by atoms with Crippen LogP contribution in [-0.2, 0) is 25.6 Å². The van der Waals surface area contributed by atoms with E-state index < -0.39 is 0 Å². The summed E-state index contributed by atoms with van der Waals surface area (Å²) in [7, 11) is 0. The van der Waals surface area contributed by atoms with E-state index in [4.69, 9.17) is 14.2 Å². The van der Waals surface area contributed by atoms with Crippen LogP contribution in [0.15, 0.2) is 42.5 Å². The van der Waals surface area contributed by atoms with Gasteiger partial charge >= 0.3 is 0 Å². The fourth-order valence-electron chi connectivity index (χ4n) is 2.07. The molecule has 0 N–H and O–H groups in total. The van der Waals surface area contributed by atoms with Gasteiger partial charge in [-0.1, -0.05) is 36.4 Å². The highest BCUT2D eigenvalue weighted by Crippen LogP contribution is 2.16. The van der Waals surface area contributed by atoms with E-state index in [1.165, 1.54) is 17.7 Å². The molecule has 2 aromatic carbocycles. The third kappa shape index (κ3) is 5.93. The van der Waals surface area contributed by atoms with Crippen molar-refractivity contribution in [2.45, 2.75) is 13.5 Å². The molecule has 0 aliphatic carbocycles. The minimum Gasteiger partial charge on any atom is -0.377 e. The van der Waals surface area contributed by atoms with Crippen molar-refractivity contribution in [2.75, 3.05) is 33.0 Å². The molecule has 0 bridgehead atoms. The number of rotatable bonds is 10. The van der Waals surface area contributed by atoms with E-state index >= 15 is 0 Å². The second-order valence-corrected chi connectivity index (χ2v) is 5.10. The molecule has 2 rings (SSSR count). The number of carbonyl (C=O) groups is 1. The van der Waals surface area contributed by atoms with Crippen molar-refractivity contribution in [3.05, 3.63) is 48.0 Å². The molecule has 4 nitrogen and oxygen atoms in total. The van der Waals surface area contributed by atoms with Crippen molar-refractivity contribution < 1.29 is 19.0 Å². The van der Waals surface area contributed by atoms with Gasteiger partial charge in [-0.2, -0.15) is 0 Å². The van der Waals surface area contributed by atoms with Gasteiger partial charge < -0.3 is 14.2 Å². The Bertz CT molecular complexity index is 594. The lowest BCUT2D eigenvalue weighted by Gasteiger charge is -2.07. The van der Waals surface area contributed by atoms with Gasteiger partial charge in [0.2, 0.25) is 0 Å². The van der Waals surface area contributed by atoms with Crippen molar-refractivity contribution in [3.8, 4) is 0 Å². The normalized spacial score (nSPS) is 11.0. The van der Waals surface area contributed by atoms with Crippen LogP contribution in [0.4, 0.5) is 0 Å². The lowest BCUT2D eigenvalue weighted by molar-refractivity contribution is -0.122. The molecule has 118 valence electrons. The summed E-state index contributed by atoms with van der Waals surface area (Å²) in [4.78, 5) is 10.6. The summed E-state index contributed by atoms with van der Waals surface area (Å²) in [6, 6.07) is 14.6. The first-order valence-electron chi connectivity index (χ1n) is 7.46. The van der Waals surface area contributed by atoms with Crippen LogP contribution in [0.3, 0.4) is 0 Å². The maximum Gasteiger partial charge on any atom is 0.155 e. The average Bonchev–Trinajstić information content (AvgIpc) is 2.53. The second-order valence-electron chi connectivity index (χ2n) is 5.10. The summed E-state index contributed by atoms with van der Waals surface area (Å²) < 4.78 is 16.1. The van der Waals surface area contributed by atoms with Crippen LogP contribution in [0.25, 0.3) is 10.8 Å². The Kier molecular flexibility index (Phi) is 7.03. The predicted molar refractivity (Wildman–Crippen MR) is 85.9 cm³/mol. The number of fused-ring (bicyclic) bond motifs is 1. The molecule has 22 heavy (non-hydrogen) atoms. The van der Waals surface area contributed by atoms with E-state index in [9.17, 15) is 4.79 Å². The first-order chi connectivity index (χ1) is 10.8. The van der Waals surface area contributed by atoms with E-state index in [0.717, 1.165) is 5.56 Å². The summed E-state index contributed by atoms with van der Waals surface area (Å²) in [6.45, 7) is 4.21. The fraction of sp³-hybridized carbons (Fsp3) is 0.389. The van der Waals surface area contributed by atoms with E-state index in [1.54, 1.807) is 0 Å². The Morgan fingerprint density at radius 3 is 2.32 bits per heavy atom. The monoisotopic (exact) mass is 302 g/mol. The minimum atomic E-state index is 0.0266. The highest BCUT2D eigenvalue weighted by Gasteiger charge is 1.97. The molecule has 0 aromatic heterocycles. The molecular weight excluding hydrogens is 280 g/mol. The van der Waals surface area contributed by atoms with Crippen LogP contribution in [0.2, 0.25) is 0 Å². The van der Waals surface area contributed by atoms with E-state index in [1.807, 2.05) is 12.1 Å². The van der Waals surface area contributed by atoms with Gasteiger partial charge in [0.05, 0.1) is 33.0 Å². The number of benzene rings is 2. The molecule has 0 radical (unpaired) electrons. The number of carbonyl (C=O) groups excluding carboxylic acids is 1. The van der Waals surface area contributed by atoms with Crippen LogP contribution in [-0.4, -0.2) is 38.8 Å². The Morgan fingerprint density at radius 2 is 1.55 bits per heavy atom. The summed E-state index contributed by atoms with van der Waals surface area (Å²) >= 11 is 0. The molecule has 0 aliphatic rings. The lowest BCUT2D eigenvalue weighted by atomic mass is 10.1. The molecule has 0 amide bonds. The van der Waals surface area contributed by atoms with Gasteiger partial charge in [0.25, 0.3) is 0 Å². The molecule has 0 heterocycles. The Morgan fingerprint density at radius 1 is 0.864 bits per heavy atom. The fourth-order valence-corrected chi connectivity index (χ4v) is 2.07. The minimum absolute atomic E-state index is 0.0266. The Labute approximate surface area is 131 Å². The van der Waals surface area contributed by atoms with Crippen molar-refractivity contribution in [3.63, 3.8) is 0 Å². The third-order valence-electron chi connectivity index (χ3n) is 3.13. The molecule has 0 fully saturated rings. The SMILES string of the molecule is CC(=O)COCCOCCOCc1ccc2ccccc2c1. The second kappa shape index (κ2) is 9.30. The number of hydrogen-bond acceptors (Lipinski definition) is 4. The molecule has 0 spiro atoms. The van der Waals surface area contributed by atoms with Crippen LogP contribution < -0.4 is 0 Å². The molecular formula is C18H22O4. The number of ether oxygens (including phenoxy) is 3. The summed E-state index contributed by atoms with van der Waals surface area (Å²) in [6.07, 6.45) is 0. The smallest absolute Gasteiger partial charge is 0.155 e. The zero-order chi connectivity index (χ0) is 15.6. The van der Waals surface area contributed by atoms with E-state index in [-0.39, 0.29) is 12.4 Å². The zero-order valence-electron chi connectivity index (χ0n) is 12.9. The van der Waals surface area contributed by atoms with Gasteiger partial charge in [0, 0.05) is 0 Å². The molecule has 0 atom stereocenters. The largest absolute Gasteiger partial charge is 0.377 e. The van der Waals surface area contributed by atoms with Crippen LogP contribution in [0, 0.1) is 0 Å². The van der Waals surface area contributed by atoms with Gasteiger partial charge in [-0.05, 0) is 29.3 Å². The standard InChI is InChI=1S/C18H22O4/c1-15(19)13-21-10-8-20-9-11-22-14-16-6-7-17-4-2-3-5-18(17)12-16/h2-7,12H,8-11,13-14H2,1H3. The first kappa shape index (κ1) is 16.6. The molecule has 4 heteroatoms. The molecule has 0 saturated heterocycles. The van der Waals surface area contributed by atoms with Gasteiger partial charge in [-0.15, -0.1) is 0 Å². The van der Waals surface area contributed by atoms with E-state index in [2.05, 4.69) is 30.3 Å². The topological polar surface area (TPSA) is 44.8 Å². The summed E-state index contributed by atoms with van der Waals surface area (Å²) in [5.74, 6) is 0.0266. The van der Waals surface area contributed by atoms with Crippen LogP contribution in [0.1, 0.15) is 12.5 Å². The number of Topliss-reactive ketones (excluding diaryl/α,β-unsaturated/α-hetero) is 1. The Hall–Kier alpha value is -1.75. The quantitative estimate of drug-likeness (QED) is 0.633. The van der Waals surface area contributed by atoms with Gasteiger partial charge in [0.15, 0.2) is 5.78 Å². The maximum atomic E-state index is 10.6. The third-order valence-corrected chi connectivity index (χ3v) is 3.13. The molecule has 0 aliphatic heterocycles. The van der Waals surface area contributed by atoms with Crippen molar-refractivity contribution in [2.24, 2.45) is 0 Å². The van der Waals surface area contributed by atoms with Crippen molar-refractivity contribution >= 4 is 16.6 Å². The number of hydrogen-bond donors (Lipinski definition) is 0. The average molecular weight is 302 g/mol. The van der Waals surface area contributed by atoms with Gasteiger partial charge in [-0.3, -0.25) is 4.79 Å². The number of ketones is 1. The molecule has 0 saturated carbocycles. The predicted octanol–water partition coefficient (Wildman–Crippen LogP) is 2.98. The molecule has 0 unspecified atom stereocenters. The maximum absolute atomic E-state index is 10.6.